The molecule has 0 fully saturated rings. The highest BCUT2D eigenvalue weighted by Crippen LogP contribution is 2.01. The van der Waals surface area contributed by atoms with Crippen LogP contribution in [0.25, 0.3) is 0 Å². The Hall–Kier alpha value is -0.800. The third-order valence-electron chi connectivity index (χ3n) is 1.35. The lowest BCUT2D eigenvalue weighted by molar-refractivity contribution is -0.0446. The molecule has 0 aromatic carbocycles. The summed E-state index contributed by atoms with van der Waals surface area (Å²) in [6.07, 6.45) is 3.59. The molecule has 3 nitrogen and oxygen atoms in total. The van der Waals surface area contributed by atoms with Gasteiger partial charge in [0.15, 0.2) is 6.29 Å². The minimum atomic E-state index is -1.19. The highest BCUT2D eigenvalue weighted by atomic mass is 16.5. The molecule has 0 unspecified atom stereocenters. The first kappa shape index (κ1) is 7.31. The Bertz CT molecular complexity index is 170. The first-order chi connectivity index (χ1) is 4.79. The molecule has 1 aromatic rings. The Kier molecular flexibility index (Phi) is 2.48. The van der Waals surface area contributed by atoms with Crippen molar-refractivity contribution in [2.45, 2.75) is 19.1 Å². The van der Waals surface area contributed by atoms with E-state index in [0.717, 1.165) is 5.56 Å². The number of H-pyrrole nitrogens is 1. The van der Waals surface area contributed by atoms with Gasteiger partial charge in [-0.3, -0.25) is 0 Å². The number of aromatic amines is 1. The summed E-state index contributed by atoms with van der Waals surface area (Å²) >= 11 is 0. The quantitative estimate of drug-likeness (QED) is 0.529. The van der Waals surface area contributed by atoms with Crippen LogP contribution in [0.4, 0.5) is 0 Å². The van der Waals surface area contributed by atoms with Gasteiger partial charge in [-0.15, -0.1) is 0 Å². The number of aromatic nitrogens is 1. The summed E-state index contributed by atoms with van der Waals surface area (Å²) in [6, 6.07) is 1.92. The summed E-state index contributed by atoms with van der Waals surface area (Å²) in [7, 11) is 0. The molecule has 0 bridgehead atoms. The summed E-state index contributed by atoms with van der Waals surface area (Å²) in [6.45, 7) is 0. The lowest BCUT2D eigenvalue weighted by Crippen LogP contribution is -2.04. The van der Waals surface area contributed by atoms with Crippen LogP contribution in [0, 0.1) is 0 Å². The van der Waals surface area contributed by atoms with Crippen LogP contribution in [0.5, 0.6) is 0 Å². The molecule has 0 spiro atoms. The maximum absolute atomic E-state index is 8.50. The molecule has 3 heteroatoms. The first-order valence-electron chi connectivity index (χ1n) is 3.27. The summed E-state index contributed by atoms with van der Waals surface area (Å²) in [5.41, 5.74) is 1.10. The van der Waals surface area contributed by atoms with Gasteiger partial charge < -0.3 is 15.2 Å². The summed E-state index contributed by atoms with van der Waals surface area (Å²) < 4.78 is 0. The van der Waals surface area contributed by atoms with Gasteiger partial charge in [-0.05, 0) is 18.1 Å². The fraction of sp³-hybridized carbons (Fsp3) is 0.429. The van der Waals surface area contributed by atoms with E-state index in [1.54, 1.807) is 0 Å². The van der Waals surface area contributed by atoms with Crippen LogP contribution in [-0.2, 0) is 6.42 Å². The lowest BCUT2D eigenvalue weighted by Gasteiger charge is -1.99. The molecule has 0 saturated heterocycles. The van der Waals surface area contributed by atoms with E-state index in [2.05, 4.69) is 4.98 Å². The van der Waals surface area contributed by atoms with Crippen molar-refractivity contribution in [2.24, 2.45) is 0 Å². The smallest absolute Gasteiger partial charge is 0.151 e. The van der Waals surface area contributed by atoms with Crippen molar-refractivity contribution in [2.75, 3.05) is 0 Å². The van der Waals surface area contributed by atoms with Crippen LogP contribution in [0.2, 0.25) is 0 Å². The standard InChI is InChI=1S/C7H11NO2/c9-7(10)2-1-6-3-4-8-5-6/h3-5,7-10H,1-2H2. The molecular weight excluding hydrogens is 130 g/mol. The monoisotopic (exact) mass is 141 g/mol. The predicted molar refractivity (Wildman–Crippen MR) is 37.3 cm³/mol. The molecule has 1 aromatic heterocycles. The van der Waals surface area contributed by atoms with Gasteiger partial charge in [-0.25, -0.2) is 0 Å². The van der Waals surface area contributed by atoms with Crippen molar-refractivity contribution < 1.29 is 10.2 Å². The molecule has 56 valence electrons. The minimum absolute atomic E-state index is 0.401. The van der Waals surface area contributed by atoms with Crippen LogP contribution in [0.15, 0.2) is 18.5 Å². The number of aliphatic hydroxyl groups excluding tert-OH is 1. The van der Waals surface area contributed by atoms with E-state index in [9.17, 15) is 0 Å². The summed E-state index contributed by atoms with van der Waals surface area (Å²) in [4.78, 5) is 2.89. The Morgan fingerprint density at radius 1 is 1.50 bits per heavy atom. The minimum Gasteiger partial charge on any atom is -0.368 e. The van der Waals surface area contributed by atoms with Crippen LogP contribution in [0.3, 0.4) is 0 Å². The highest BCUT2D eigenvalue weighted by Gasteiger charge is 1.97. The Labute approximate surface area is 59.3 Å². The average molecular weight is 141 g/mol. The summed E-state index contributed by atoms with van der Waals surface area (Å²) in [5.74, 6) is 0. The van der Waals surface area contributed by atoms with Gasteiger partial charge in [-0.2, -0.15) is 0 Å². The maximum atomic E-state index is 8.50. The van der Waals surface area contributed by atoms with E-state index in [1.807, 2.05) is 18.5 Å². The number of aryl methyl sites for hydroxylation is 1. The van der Waals surface area contributed by atoms with E-state index in [0.29, 0.717) is 12.8 Å². The van der Waals surface area contributed by atoms with Gasteiger partial charge in [0.05, 0.1) is 0 Å². The topological polar surface area (TPSA) is 56.2 Å². The molecule has 0 atom stereocenters. The van der Waals surface area contributed by atoms with E-state index in [4.69, 9.17) is 10.2 Å². The maximum Gasteiger partial charge on any atom is 0.151 e. The lowest BCUT2D eigenvalue weighted by atomic mass is 10.2. The fourth-order valence-corrected chi connectivity index (χ4v) is 0.810. The Balaban J connectivity index is 2.28. The number of nitrogens with one attached hydrogen (secondary N) is 1. The molecule has 0 aliphatic rings. The molecular formula is C7H11NO2. The second kappa shape index (κ2) is 3.39. The van der Waals surface area contributed by atoms with Crippen molar-refractivity contribution in [1.82, 2.24) is 4.98 Å². The zero-order valence-electron chi connectivity index (χ0n) is 5.62. The molecule has 0 amide bonds. The van der Waals surface area contributed by atoms with Gasteiger partial charge in [0.2, 0.25) is 0 Å². The van der Waals surface area contributed by atoms with Crippen LogP contribution >= 0.6 is 0 Å². The van der Waals surface area contributed by atoms with Crippen molar-refractivity contribution in [3.63, 3.8) is 0 Å². The van der Waals surface area contributed by atoms with Gasteiger partial charge in [0.1, 0.15) is 0 Å². The molecule has 0 radical (unpaired) electrons. The van der Waals surface area contributed by atoms with E-state index in [-0.39, 0.29) is 0 Å². The zero-order valence-corrected chi connectivity index (χ0v) is 5.62. The molecule has 1 rings (SSSR count). The van der Waals surface area contributed by atoms with E-state index < -0.39 is 6.29 Å². The molecule has 10 heavy (non-hydrogen) atoms. The molecule has 0 aliphatic carbocycles. The van der Waals surface area contributed by atoms with E-state index in [1.165, 1.54) is 0 Å². The summed E-state index contributed by atoms with van der Waals surface area (Å²) in [5, 5.41) is 17.0. The van der Waals surface area contributed by atoms with Crippen LogP contribution in [-0.4, -0.2) is 21.5 Å². The van der Waals surface area contributed by atoms with Crippen LogP contribution < -0.4 is 0 Å². The normalized spacial score (nSPS) is 10.7. The van der Waals surface area contributed by atoms with Crippen molar-refractivity contribution in [3.05, 3.63) is 24.0 Å². The molecule has 3 N–H and O–H groups in total. The molecule has 0 aliphatic heterocycles. The van der Waals surface area contributed by atoms with E-state index >= 15 is 0 Å². The van der Waals surface area contributed by atoms with Gasteiger partial charge in [0.25, 0.3) is 0 Å². The average Bonchev–Trinajstić information content (AvgIpc) is 2.34. The number of hydrogen-bond donors (Lipinski definition) is 3. The van der Waals surface area contributed by atoms with Crippen molar-refractivity contribution >= 4 is 0 Å². The second-order valence-corrected chi connectivity index (χ2v) is 2.24. The van der Waals surface area contributed by atoms with Gasteiger partial charge >= 0.3 is 0 Å². The Morgan fingerprint density at radius 3 is 2.80 bits per heavy atom. The van der Waals surface area contributed by atoms with Crippen molar-refractivity contribution in [3.8, 4) is 0 Å². The predicted octanol–water partition coefficient (Wildman–Crippen LogP) is 0.258. The number of hydrogen-bond acceptors (Lipinski definition) is 2. The van der Waals surface area contributed by atoms with Crippen molar-refractivity contribution in [1.29, 1.82) is 0 Å². The first-order valence-corrected chi connectivity index (χ1v) is 3.27. The second-order valence-electron chi connectivity index (χ2n) is 2.24. The zero-order chi connectivity index (χ0) is 7.40. The van der Waals surface area contributed by atoms with Crippen LogP contribution in [0.1, 0.15) is 12.0 Å². The third-order valence-corrected chi connectivity index (χ3v) is 1.35. The number of rotatable bonds is 3. The number of aliphatic hydroxyl groups is 2. The Morgan fingerprint density at radius 2 is 2.30 bits per heavy atom. The third kappa shape index (κ3) is 2.21. The van der Waals surface area contributed by atoms with Gasteiger partial charge in [-0.1, -0.05) is 0 Å². The molecule has 1 heterocycles. The fourth-order valence-electron chi connectivity index (χ4n) is 0.810. The largest absolute Gasteiger partial charge is 0.368 e. The van der Waals surface area contributed by atoms with Gasteiger partial charge in [0, 0.05) is 18.8 Å². The highest BCUT2D eigenvalue weighted by molar-refractivity contribution is 5.07. The molecule has 0 saturated carbocycles. The SMILES string of the molecule is OC(O)CCc1cc[nH]c1.